The highest BCUT2D eigenvalue weighted by Crippen LogP contribution is 2.41. The van der Waals surface area contributed by atoms with Crippen LogP contribution in [0.1, 0.15) is 38.1 Å². The third-order valence-corrected chi connectivity index (χ3v) is 3.03. The number of hydrogen-bond donors (Lipinski definition) is 3. The zero-order valence-electron chi connectivity index (χ0n) is 8.48. The molecule has 0 amide bonds. The van der Waals surface area contributed by atoms with Gasteiger partial charge in [-0.3, -0.25) is 4.57 Å². The van der Waals surface area contributed by atoms with Gasteiger partial charge in [0.25, 0.3) is 0 Å². The highest BCUT2D eigenvalue weighted by Gasteiger charge is 2.23. The van der Waals surface area contributed by atoms with E-state index in [-0.39, 0.29) is 23.5 Å². The smallest absolute Gasteiger partial charge is 0.222 e. The maximum atomic E-state index is 9.75. The molecule has 0 bridgehead atoms. The molecule has 1 heterocycles. The first kappa shape index (κ1) is 10.0. The Balaban J connectivity index is 2.33. The van der Waals surface area contributed by atoms with Crippen LogP contribution in [0.5, 0.6) is 11.8 Å². The molecular formula is C10H15N3O2. The van der Waals surface area contributed by atoms with Gasteiger partial charge in [0.2, 0.25) is 5.88 Å². The van der Waals surface area contributed by atoms with Gasteiger partial charge in [0, 0.05) is 12.1 Å². The van der Waals surface area contributed by atoms with Crippen molar-refractivity contribution in [2.75, 3.05) is 0 Å². The van der Waals surface area contributed by atoms with Crippen molar-refractivity contribution in [1.29, 1.82) is 5.53 Å². The van der Waals surface area contributed by atoms with E-state index in [1.807, 2.05) is 0 Å². The van der Waals surface area contributed by atoms with E-state index < -0.39 is 0 Å². The lowest BCUT2D eigenvalue weighted by Crippen LogP contribution is -2.11. The summed E-state index contributed by atoms with van der Waals surface area (Å²) in [5, 5.41) is 22.6. The molecule has 0 aromatic carbocycles. The number of aromatic nitrogens is 1. The van der Waals surface area contributed by atoms with Crippen LogP contribution in [0.25, 0.3) is 0 Å². The molecular weight excluding hydrogens is 194 g/mol. The van der Waals surface area contributed by atoms with Gasteiger partial charge < -0.3 is 10.2 Å². The molecule has 1 aliphatic rings. The molecule has 1 fully saturated rings. The van der Waals surface area contributed by atoms with Crippen LogP contribution in [0.3, 0.4) is 0 Å². The number of rotatable bonds is 2. The maximum absolute atomic E-state index is 9.75. The van der Waals surface area contributed by atoms with Crippen LogP contribution in [0, 0.1) is 5.53 Å². The van der Waals surface area contributed by atoms with Crippen LogP contribution in [0.2, 0.25) is 0 Å². The normalized spacial score (nSPS) is 17.9. The van der Waals surface area contributed by atoms with E-state index in [9.17, 15) is 10.2 Å². The molecule has 2 rings (SSSR count). The standard InChI is InChI=1S/C10H15N3O2/c11-12-8-6-9(14)13(10(8)15)7-4-2-1-3-5-7/h6-7,11,14-15H,1-5H2. The molecule has 1 saturated carbocycles. The molecule has 0 radical (unpaired) electrons. The second-order valence-corrected chi connectivity index (χ2v) is 3.99. The second kappa shape index (κ2) is 3.92. The van der Waals surface area contributed by atoms with Crippen molar-refractivity contribution in [2.45, 2.75) is 38.1 Å². The first-order chi connectivity index (χ1) is 7.24. The fourth-order valence-corrected chi connectivity index (χ4v) is 2.27. The Morgan fingerprint density at radius 2 is 1.93 bits per heavy atom. The molecule has 0 spiro atoms. The van der Waals surface area contributed by atoms with Crippen LogP contribution in [-0.2, 0) is 0 Å². The van der Waals surface area contributed by atoms with Gasteiger partial charge in [0.15, 0.2) is 11.6 Å². The summed E-state index contributed by atoms with van der Waals surface area (Å²) in [5.74, 6) is -0.0835. The van der Waals surface area contributed by atoms with Crippen molar-refractivity contribution in [3.8, 4) is 11.8 Å². The van der Waals surface area contributed by atoms with E-state index in [1.54, 1.807) is 0 Å². The van der Waals surface area contributed by atoms with Gasteiger partial charge in [-0.25, -0.2) is 5.53 Å². The summed E-state index contributed by atoms with van der Waals surface area (Å²) >= 11 is 0. The largest absolute Gasteiger partial charge is 0.494 e. The van der Waals surface area contributed by atoms with Crippen molar-refractivity contribution in [1.82, 2.24) is 4.57 Å². The fourth-order valence-electron chi connectivity index (χ4n) is 2.27. The molecule has 1 aromatic heterocycles. The van der Waals surface area contributed by atoms with E-state index >= 15 is 0 Å². The molecule has 5 heteroatoms. The van der Waals surface area contributed by atoms with Gasteiger partial charge in [-0.15, -0.1) is 0 Å². The van der Waals surface area contributed by atoms with Crippen LogP contribution >= 0.6 is 0 Å². The summed E-state index contributed by atoms with van der Waals surface area (Å²) in [6.07, 6.45) is 5.39. The summed E-state index contributed by atoms with van der Waals surface area (Å²) < 4.78 is 1.49. The van der Waals surface area contributed by atoms with Crippen LogP contribution in [-0.4, -0.2) is 14.8 Å². The predicted octanol–water partition coefficient (Wildman–Crippen LogP) is 3.07. The van der Waals surface area contributed by atoms with Gasteiger partial charge in [-0.1, -0.05) is 19.3 Å². The Morgan fingerprint density at radius 1 is 1.27 bits per heavy atom. The maximum Gasteiger partial charge on any atom is 0.222 e. The molecule has 5 nitrogen and oxygen atoms in total. The molecule has 1 aliphatic carbocycles. The van der Waals surface area contributed by atoms with E-state index in [1.165, 1.54) is 17.1 Å². The van der Waals surface area contributed by atoms with Crippen molar-refractivity contribution in [3.05, 3.63) is 6.07 Å². The summed E-state index contributed by atoms with van der Waals surface area (Å²) in [6, 6.07) is 1.48. The summed E-state index contributed by atoms with van der Waals surface area (Å²) in [5.41, 5.74) is 6.99. The summed E-state index contributed by atoms with van der Waals surface area (Å²) in [7, 11) is 0. The van der Waals surface area contributed by atoms with Crippen molar-refractivity contribution < 1.29 is 10.2 Å². The van der Waals surface area contributed by atoms with Crippen molar-refractivity contribution >= 4 is 5.69 Å². The summed E-state index contributed by atoms with van der Waals surface area (Å²) in [6.45, 7) is 0. The predicted molar refractivity (Wildman–Crippen MR) is 54.7 cm³/mol. The van der Waals surface area contributed by atoms with Crippen molar-refractivity contribution in [3.63, 3.8) is 0 Å². The van der Waals surface area contributed by atoms with Gasteiger partial charge in [-0.2, -0.15) is 5.11 Å². The minimum Gasteiger partial charge on any atom is -0.494 e. The Hall–Kier alpha value is -1.52. The lowest BCUT2D eigenvalue weighted by atomic mass is 9.95. The van der Waals surface area contributed by atoms with E-state index in [2.05, 4.69) is 5.11 Å². The highest BCUT2D eigenvalue weighted by atomic mass is 16.3. The quantitative estimate of drug-likeness (QED) is 0.654. The fraction of sp³-hybridized carbons (Fsp3) is 0.600. The minimum absolute atomic E-state index is 0.00500. The molecule has 15 heavy (non-hydrogen) atoms. The minimum atomic E-state index is -0.0885. The summed E-state index contributed by atoms with van der Waals surface area (Å²) in [4.78, 5) is 0. The van der Waals surface area contributed by atoms with Crippen LogP contribution < -0.4 is 0 Å². The highest BCUT2D eigenvalue weighted by molar-refractivity contribution is 5.52. The first-order valence-electron chi connectivity index (χ1n) is 5.24. The molecule has 3 N–H and O–H groups in total. The monoisotopic (exact) mass is 209 g/mol. The number of aromatic hydroxyl groups is 2. The number of nitrogens with one attached hydrogen (secondary N) is 1. The Labute approximate surface area is 87.9 Å². The average molecular weight is 209 g/mol. The van der Waals surface area contributed by atoms with E-state index in [0.717, 1.165) is 25.7 Å². The van der Waals surface area contributed by atoms with Crippen molar-refractivity contribution in [2.24, 2.45) is 5.11 Å². The molecule has 0 atom stereocenters. The van der Waals surface area contributed by atoms with Gasteiger partial charge >= 0.3 is 0 Å². The molecule has 0 saturated heterocycles. The Bertz CT molecular complexity index is 367. The van der Waals surface area contributed by atoms with Gasteiger partial charge in [0.1, 0.15) is 0 Å². The molecule has 1 aromatic rings. The molecule has 0 aliphatic heterocycles. The second-order valence-electron chi connectivity index (χ2n) is 3.99. The Kier molecular flexibility index (Phi) is 2.62. The third-order valence-electron chi connectivity index (χ3n) is 3.03. The van der Waals surface area contributed by atoms with Crippen LogP contribution in [0.4, 0.5) is 5.69 Å². The first-order valence-corrected chi connectivity index (χ1v) is 5.24. The van der Waals surface area contributed by atoms with Gasteiger partial charge in [0.05, 0.1) is 0 Å². The number of nitrogens with zero attached hydrogens (tertiary/aromatic N) is 2. The lowest BCUT2D eigenvalue weighted by molar-refractivity contribution is 0.282. The van der Waals surface area contributed by atoms with Crippen LogP contribution in [0.15, 0.2) is 11.2 Å². The average Bonchev–Trinajstić information content (AvgIpc) is 2.55. The zero-order valence-corrected chi connectivity index (χ0v) is 8.48. The zero-order chi connectivity index (χ0) is 10.8. The number of hydrogen-bond acceptors (Lipinski definition) is 4. The van der Waals surface area contributed by atoms with Gasteiger partial charge in [-0.05, 0) is 12.8 Å². The SMILES string of the molecule is N=Nc1cc(O)n(C2CCCCC2)c1O. The topological polar surface area (TPSA) is 81.6 Å². The molecule has 82 valence electrons. The van der Waals surface area contributed by atoms with E-state index in [0.29, 0.717) is 0 Å². The third kappa shape index (κ3) is 1.69. The Morgan fingerprint density at radius 3 is 2.47 bits per heavy atom. The van der Waals surface area contributed by atoms with E-state index in [4.69, 9.17) is 5.53 Å². The lowest BCUT2D eigenvalue weighted by Gasteiger charge is -2.24. The molecule has 0 unspecified atom stereocenters.